The van der Waals surface area contributed by atoms with Crippen molar-refractivity contribution in [2.75, 3.05) is 0 Å². The summed E-state index contributed by atoms with van der Waals surface area (Å²) in [4.78, 5) is 9.23. The van der Waals surface area contributed by atoms with Crippen LogP contribution < -0.4 is 0 Å². The molecule has 0 aromatic carbocycles. The lowest BCUT2D eigenvalue weighted by atomic mass is 10.2. The normalized spacial score (nSPS) is 12.7. The Morgan fingerprint density at radius 2 is 2.20 bits per heavy atom. The minimum atomic E-state index is -0.446. The van der Waals surface area contributed by atoms with E-state index in [9.17, 15) is 5.11 Å². The fourth-order valence-corrected chi connectivity index (χ4v) is 2.26. The number of aliphatic hydroxyl groups excluding tert-OH is 1. The number of hydrogen-bond donors (Lipinski definition) is 1. The molecule has 15 heavy (non-hydrogen) atoms. The van der Waals surface area contributed by atoms with Crippen molar-refractivity contribution >= 4 is 11.3 Å². The van der Waals surface area contributed by atoms with Crippen molar-refractivity contribution in [1.29, 1.82) is 0 Å². The van der Waals surface area contributed by atoms with Gasteiger partial charge in [0.1, 0.15) is 5.01 Å². The second kappa shape index (κ2) is 4.08. The van der Waals surface area contributed by atoms with Crippen LogP contribution in [-0.4, -0.2) is 15.1 Å². The SMILES string of the molecule is Cc1cnccc1-c1ncc(C(C)O)s1. The molecule has 0 bridgehead atoms. The van der Waals surface area contributed by atoms with Gasteiger partial charge in [0.05, 0.1) is 11.0 Å². The van der Waals surface area contributed by atoms with E-state index in [1.165, 1.54) is 11.3 Å². The molecule has 0 saturated carbocycles. The summed E-state index contributed by atoms with van der Waals surface area (Å²) < 4.78 is 0. The number of rotatable bonds is 2. The first kappa shape index (κ1) is 10.3. The van der Waals surface area contributed by atoms with Gasteiger partial charge >= 0.3 is 0 Å². The number of aryl methyl sites for hydroxylation is 1. The summed E-state index contributed by atoms with van der Waals surface area (Å²) in [6.45, 7) is 3.75. The van der Waals surface area contributed by atoms with E-state index in [0.717, 1.165) is 21.0 Å². The van der Waals surface area contributed by atoms with E-state index in [0.29, 0.717) is 0 Å². The van der Waals surface area contributed by atoms with Crippen molar-refractivity contribution in [1.82, 2.24) is 9.97 Å². The molecule has 2 rings (SSSR count). The Morgan fingerprint density at radius 3 is 2.80 bits per heavy atom. The first-order chi connectivity index (χ1) is 7.18. The highest BCUT2D eigenvalue weighted by molar-refractivity contribution is 7.15. The molecule has 2 heterocycles. The predicted molar refractivity (Wildman–Crippen MR) is 60.7 cm³/mol. The molecule has 1 unspecified atom stereocenters. The van der Waals surface area contributed by atoms with Crippen LogP contribution in [0.15, 0.2) is 24.7 Å². The van der Waals surface area contributed by atoms with Gasteiger partial charge in [-0.15, -0.1) is 11.3 Å². The first-order valence-electron chi connectivity index (χ1n) is 4.73. The lowest BCUT2D eigenvalue weighted by Gasteiger charge is -2.00. The number of aromatic nitrogens is 2. The molecule has 0 aliphatic rings. The van der Waals surface area contributed by atoms with Crippen LogP contribution in [0.1, 0.15) is 23.5 Å². The third-order valence-electron chi connectivity index (χ3n) is 2.19. The van der Waals surface area contributed by atoms with Gasteiger partial charge in [0.15, 0.2) is 0 Å². The Bertz CT molecular complexity index is 465. The van der Waals surface area contributed by atoms with Crippen LogP contribution in [0.5, 0.6) is 0 Å². The van der Waals surface area contributed by atoms with Gasteiger partial charge in [0.25, 0.3) is 0 Å². The topological polar surface area (TPSA) is 46.0 Å². The number of nitrogens with zero attached hydrogens (tertiary/aromatic N) is 2. The molecule has 0 amide bonds. The third-order valence-corrected chi connectivity index (χ3v) is 3.39. The number of thiazole rings is 1. The van der Waals surface area contributed by atoms with Gasteiger partial charge in [-0.3, -0.25) is 4.98 Å². The van der Waals surface area contributed by atoms with E-state index in [1.807, 2.05) is 19.2 Å². The number of hydrogen-bond acceptors (Lipinski definition) is 4. The Labute approximate surface area is 92.5 Å². The molecule has 1 N–H and O–H groups in total. The molecule has 3 nitrogen and oxygen atoms in total. The van der Waals surface area contributed by atoms with Gasteiger partial charge in [0.2, 0.25) is 0 Å². The van der Waals surface area contributed by atoms with E-state index in [-0.39, 0.29) is 0 Å². The Kier molecular flexibility index (Phi) is 2.79. The Morgan fingerprint density at radius 1 is 1.40 bits per heavy atom. The molecular weight excluding hydrogens is 208 g/mol. The summed E-state index contributed by atoms with van der Waals surface area (Å²) in [5.41, 5.74) is 2.19. The summed E-state index contributed by atoms with van der Waals surface area (Å²) in [6.07, 6.45) is 4.85. The van der Waals surface area contributed by atoms with E-state index in [1.54, 1.807) is 19.3 Å². The maximum absolute atomic E-state index is 9.41. The van der Waals surface area contributed by atoms with Crippen LogP contribution in [0.25, 0.3) is 10.6 Å². The van der Waals surface area contributed by atoms with Gasteiger partial charge in [-0.05, 0) is 25.5 Å². The van der Waals surface area contributed by atoms with E-state index >= 15 is 0 Å². The Hall–Kier alpha value is -1.26. The van der Waals surface area contributed by atoms with Crippen LogP contribution in [0, 0.1) is 6.92 Å². The van der Waals surface area contributed by atoms with Gasteiger partial charge < -0.3 is 5.11 Å². The fraction of sp³-hybridized carbons (Fsp3) is 0.273. The maximum atomic E-state index is 9.41. The lowest BCUT2D eigenvalue weighted by Crippen LogP contribution is -1.83. The lowest BCUT2D eigenvalue weighted by molar-refractivity contribution is 0.203. The largest absolute Gasteiger partial charge is 0.388 e. The van der Waals surface area contributed by atoms with Gasteiger partial charge in [-0.1, -0.05) is 0 Å². The van der Waals surface area contributed by atoms with Gasteiger partial charge in [-0.25, -0.2) is 4.98 Å². The van der Waals surface area contributed by atoms with Crippen molar-refractivity contribution < 1.29 is 5.11 Å². The Balaban J connectivity index is 2.42. The van der Waals surface area contributed by atoms with Crippen molar-refractivity contribution in [2.24, 2.45) is 0 Å². The first-order valence-corrected chi connectivity index (χ1v) is 5.55. The van der Waals surface area contributed by atoms with Crippen LogP contribution in [0.3, 0.4) is 0 Å². The molecule has 0 aliphatic heterocycles. The molecule has 0 aliphatic carbocycles. The zero-order valence-electron chi connectivity index (χ0n) is 8.64. The van der Waals surface area contributed by atoms with Crippen molar-refractivity contribution in [2.45, 2.75) is 20.0 Å². The van der Waals surface area contributed by atoms with E-state index < -0.39 is 6.10 Å². The predicted octanol–water partition coefficient (Wildman–Crippen LogP) is 2.57. The van der Waals surface area contributed by atoms with Crippen molar-refractivity contribution in [3.63, 3.8) is 0 Å². The highest BCUT2D eigenvalue weighted by atomic mass is 32.1. The molecule has 0 radical (unpaired) electrons. The van der Waals surface area contributed by atoms with E-state index in [4.69, 9.17) is 0 Å². The molecule has 78 valence electrons. The van der Waals surface area contributed by atoms with Crippen LogP contribution in [-0.2, 0) is 0 Å². The summed E-state index contributed by atoms with van der Waals surface area (Å²) >= 11 is 1.52. The molecule has 0 saturated heterocycles. The van der Waals surface area contributed by atoms with Gasteiger partial charge in [-0.2, -0.15) is 0 Å². The van der Waals surface area contributed by atoms with Crippen molar-refractivity contribution in [3.8, 4) is 10.6 Å². The summed E-state index contributed by atoms with van der Waals surface area (Å²) in [5, 5.41) is 10.3. The molecule has 0 fully saturated rings. The molecule has 2 aromatic heterocycles. The van der Waals surface area contributed by atoms with Crippen LogP contribution in [0.2, 0.25) is 0 Å². The van der Waals surface area contributed by atoms with Gasteiger partial charge in [0, 0.05) is 24.2 Å². The molecule has 4 heteroatoms. The quantitative estimate of drug-likeness (QED) is 0.846. The molecular formula is C11H12N2OS. The average Bonchev–Trinajstić information content (AvgIpc) is 2.67. The summed E-state index contributed by atoms with van der Waals surface area (Å²) in [5.74, 6) is 0. The fourth-order valence-electron chi connectivity index (χ4n) is 1.32. The third kappa shape index (κ3) is 2.06. The standard InChI is InChI=1S/C11H12N2OS/c1-7-5-12-4-3-9(7)11-13-6-10(15-11)8(2)14/h3-6,8,14H,1-2H3. The zero-order valence-corrected chi connectivity index (χ0v) is 9.45. The summed E-state index contributed by atoms with van der Waals surface area (Å²) in [7, 11) is 0. The van der Waals surface area contributed by atoms with Crippen LogP contribution >= 0.6 is 11.3 Å². The second-order valence-electron chi connectivity index (χ2n) is 3.43. The maximum Gasteiger partial charge on any atom is 0.124 e. The summed E-state index contributed by atoms with van der Waals surface area (Å²) in [6, 6.07) is 1.94. The van der Waals surface area contributed by atoms with E-state index in [2.05, 4.69) is 9.97 Å². The molecule has 0 spiro atoms. The second-order valence-corrected chi connectivity index (χ2v) is 4.50. The number of pyridine rings is 1. The highest BCUT2D eigenvalue weighted by Gasteiger charge is 2.09. The van der Waals surface area contributed by atoms with Crippen LogP contribution in [0.4, 0.5) is 0 Å². The average molecular weight is 220 g/mol. The molecule has 2 aromatic rings. The molecule has 1 atom stereocenters. The number of aliphatic hydroxyl groups is 1. The van der Waals surface area contributed by atoms with Crippen molar-refractivity contribution in [3.05, 3.63) is 35.1 Å². The minimum Gasteiger partial charge on any atom is -0.388 e. The zero-order chi connectivity index (χ0) is 10.8. The minimum absolute atomic E-state index is 0.446. The monoisotopic (exact) mass is 220 g/mol. The highest BCUT2D eigenvalue weighted by Crippen LogP contribution is 2.29. The smallest absolute Gasteiger partial charge is 0.124 e.